The number of fused-ring (bicyclic) bond motifs is 1. The Bertz CT molecular complexity index is 561. The molecule has 1 aromatic heterocycles. The Labute approximate surface area is 96.3 Å². The number of hydrogen-bond donors (Lipinski definition) is 2. The molecule has 0 spiro atoms. The molecule has 2 rings (SSSR count). The second-order valence-electron chi connectivity index (χ2n) is 3.33. The molecule has 1 aromatic carbocycles. The van der Waals surface area contributed by atoms with Crippen molar-refractivity contribution >= 4 is 22.8 Å². The van der Waals surface area contributed by atoms with E-state index in [-0.39, 0.29) is 6.61 Å². The fraction of sp³-hybridized carbons (Fsp3) is 0.0909. The standard InChI is InChI=1S/C11H10N2O4/c12-10(14)6-17-13-11(15)8-5-16-9-4-2-1-3-7(8)9/h1-5H,6H2,(H2,12,14)(H,13,15). The lowest BCUT2D eigenvalue weighted by molar-refractivity contribution is -0.124. The topological polar surface area (TPSA) is 94.6 Å². The number of primary amides is 1. The maximum absolute atomic E-state index is 11.7. The fourth-order valence-corrected chi connectivity index (χ4v) is 1.38. The second kappa shape index (κ2) is 4.67. The van der Waals surface area contributed by atoms with Gasteiger partial charge in [0, 0.05) is 5.39 Å². The third-order valence-corrected chi connectivity index (χ3v) is 2.10. The minimum atomic E-state index is -0.664. The van der Waals surface area contributed by atoms with E-state index in [9.17, 15) is 9.59 Å². The van der Waals surface area contributed by atoms with E-state index in [0.29, 0.717) is 16.5 Å². The van der Waals surface area contributed by atoms with Crippen LogP contribution in [0.5, 0.6) is 0 Å². The van der Waals surface area contributed by atoms with Crippen LogP contribution < -0.4 is 11.2 Å². The first-order chi connectivity index (χ1) is 8.18. The van der Waals surface area contributed by atoms with E-state index < -0.39 is 11.8 Å². The van der Waals surface area contributed by atoms with Crippen LogP contribution in [0.25, 0.3) is 11.0 Å². The molecule has 88 valence electrons. The van der Waals surface area contributed by atoms with Crippen molar-refractivity contribution in [1.82, 2.24) is 5.48 Å². The molecule has 17 heavy (non-hydrogen) atoms. The summed E-state index contributed by atoms with van der Waals surface area (Å²) in [7, 11) is 0. The first-order valence-electron chi connectivity index (χ1n) is 4.85. The maximum atomic E-state index is 11.7. The highest BCUT2D eigenvalue weighted by atomic mass is 16.7. The van der Waals surface area contributed by atoms with Gasteiger partial charge < -0.3 is 10.2 Å². The van der Waals surface area contributed by atoms with Crippen LogP contribution in [0.2, 0.25) is 0 Å². The zero-order valence-corrected chi connectivity index (χ0v) is 8.80. The number of nitrogens with two attached hydrogens (primary N) is 1. The minimum absolute atomic E-state index is 0.338. The lowest BCUT2D eigenvalue weighted by Crippen LogP contribution is -2.29. The van der Waals surface area contributed by atoms with E-state index in [1.807, 2.05) is 0 Å². The summed E-state index contributed by atoms with van der Waals surface area (Å²) in [6.07, 6.45) is 1.33. The molecule has 0 saturated heterocycles. The van der Waals surface area contributed by atoms with Gasteiger partial charge in [0.05, 0.1) is 5.56 Å². The predicted molar refractivity (Wildman–Crippen MR) is 58.8 cm³/mol. The largest absolute Gasteiger partial charge is 0.463 e. The highest BCUT2D eigenvalue weighted by Gasteiger charge is 2.13. The van der Waals surface area contributed by atoms with Crippen molar-refractivity contribution in [2.24, 2.45) is 5.73 Å². The molecular weight excluding hydrogens is 224 g/mol. The van der Waals surface area contributed by atoms with E-state index >= 15 is 0 Å². The van der Waals surface area contributed by atoms with E-state index in [4.69, 9.17) is 10.2 Å². The molecule has 0 atom stereocenters. The van der Waals surface area contributed by atoms with E-state index in [1.165, 1.54) is 6.26 Å². The molecular formula is C11H10N2O4. The average molecular weight is 234 g/mol. The Morgan fingerprint density at radius 2 is 2.12 bits per heavy atom. The van der Waals surface area contributed by atoms with Crippen LogP contribution in [-0.2, 0) is 9.63 Å². The summed E-state index contributed by atoms with van der Waals surface area (Å²) in [6.45, 7) is -0.373. The Kier molecular flexibility index (Phi) is 3.06. The molecule has 6 heteroatoms. The minimum Gasteiger partial charge on any atom is -0.463 e. The number of hydroxylamine groups is 1. The van der Waals surface area contributed by atoms with Gasteiger partial charge in [-0.1, -0.05) is 18.2 Å². The predicted octanol–water partition coefficient (Wildman–Crippen LogP) is 0.579. The van der Waals surface area contributed by atoms with Crippen LogP contribution in [-0.4, -0.2) is 18.4 Å². The van der Waals surface area contributed by atoms with Crippen LogP contribution in [0.15, 0.2) is 34.9 Å². The van der Waals surface area contributed by atoms with Crippen molar-refractivity contribution in [3.8, 4) is 0 Å². The summed E-state index contributed by atoms with van der Waals surface area (Å²) < 4.78 is 5.19. The number of carbonyl (C=O) groups is 2. The summed E-state index contributed by atoms with van der Waals surface area (Å²) in [5.74, 6) is -1.15. The van der Waals surface area contributed by atoms with Gasteiger partial charge in [0.1, 0.15) is 11.8 Å². The number of nitrogens with one attached hydrogen (secondary N) is 1. The molecule has 0 radical (unpaired) electrons. The molecule has 0 aliphatic heterocycles. The first-order valence-corrected chi connectivity index (χ1v) is 4.85. The highest BCUT2D eigenvalue weighted by Crippen LogP contribution is 2.20. The normalized spacial score (nSPS) is 10.4. The molecule has 6 nitrogen and oxygen atoms in total. The van der Waals surface area contributed by atoms with Crippen LogP contribution in [0, 0.1) is 0 Å². The van der Waals surface area contributed by atoms with Crippen molar-refractivity contribution in [2.45, 2.75) is 0 Å². The SMILES string of the molecule is NC(=O)CONC(=O)c1coc2ccccc12. The van der Waals surface area contributed by atoms with E-state index in [1.54, 1.807) is 24.3 Å². The van der Waals surface area contributed by atoms with E-state index in [0.717, 1.165) is 0 Å². The van der Waals surface area contributed by atoms with Crippen molar-refractivity contribution in [3.05, 3.63) is 36.1 Å². The van der Waals surface area contributed by atoms with Crippen LogP contribution >= 0.6 is 0 Å². The Morgan fingerprint density at radius 3 is 2.88 bits per heavy atom. The molecule has 1 heterocycles. The monoisotopic (exact) mass is 234 g/mol. The second-order valence-corrected chi connectivity index (χ2v) is 3.33. The molecule has 0 bridgehead atoms. The summed E-state index contributed by atoms with van der Waals surface area (Å²) in [5, 5.41) is 0.674. The summed E-state index contributed by atoms with van der Waals surface area (Å²) in [6, 6.07) is 7.09. The third-order valence-electron chi connectivity index (χ3n) is 2.10. The summed E-state index contributed by atoms with van der Waals surface area (Å²) >= 11 is 0. The highest BCUT2D eigenvalue weighted by molar-refractivity contribution is 6.05. The van der Waals surface area contributed by atoms with Crippen LogP contribution in [0.3, 0.4) is 0 Å². The average Bonchev–Trinajstić information content (AvgIpc) is 2.72. The van der Waals surface area contributed by atoms with Crippen molar-refractivity contribution < 1.29 is 18.8 Å². The van der Waals surface area contributed by atoms with E-state index in [2.05, 4.69) is 10.3 Å². The van der Waals surface area contributed by atoms with Gasteiger partial charge in [-0.15, -0.1) is 0 Å². The van der Waals surface area contributed by atoms with Gasteiger partial charge >= 0.3 is 0 Å². The van der Waals surface area contributed by atoms with Gasteiger partial charge in [-0.05, 0) is 6.07 Å². The Morgan fingerprint density at radius 1 is 1.35 bits per heavy atom. The number of para-hydroxylation sites is 1. The zero-order valence-electron chi connectivity index (χ0n) is 8.80. The van der Waals surface area contributed by atoms with Gasteiger partial charge in [0.2, 0.25) is 5.91 Å². The summed E-state index contributed by atoms with van der Waals surface area (Å²) in [5.41, 5.74) is 7.91. The number of hydrogen-bond acceptors (Lipinski definition) is 4. The number of carbonyl (C=O) groups excluding carboxylic acids is 2. The first kappa shape index (κ1) is 11.2. The fourth-order valence-electron chi connectivity index (χ4n) is 1.38. The maximum Gasteiger partial charge on any atom is 0.278 e. The van der Waals surface area contributed by atoms with Crippen molar-refractivity contribution in [1.29, 1.82) is 0 Å². The van der Waals surface area contributed by atoms with Gasteiger partial charge in [-0.3, -0.25) is 14.4 Å². The molecule has 0 unspecified atom stereocenters. The van der Waals surface area contributed by atoms with Gasteiger partial charge in [0.25, 0.3) is 5.91 Å². The van der Waals surface area contributed by atoms with Crippen molar-refractivity contribution in [3.63, 3.8) is 0 Å². The lowest BCUT2D eigenvalue weighted by Gasteiger charge is -2.01. The number of benzene rings is 1. The van der Waals surface area contributed by atoms with Crippen molar-refractivity contribution in [2.75, 3.05) is 6.61 Å². The molecule has 3 N–H and O–H groups in total. The molecule has 2 amide bonds. The Balaban J connectivity index is 2.11. The molecule has 0 saturated carbocycles. The Hall–Kier alpha value is -2.34. The van der Waals surface area contributed by atoms with Gasteiger partial charge in [0.15, 0.2) is 6.61 Å². The van der Waals surface area contributed by atoms with Gasteiger partial charge in [-0.2, -0.15) is 0 Å². The summed E-state index contributed by atoms with van der Waals surface area (Å²) in [4.78, 5) is 26.7. The molecule has 0 aliphatic rings. The molecule has 0 fully saturated rings. The lowest BCUT2D eigenvalue weighted by atomic mass is 10.2. The van der Waals surface area contributed by atoms with Gasteiger partial charge in [-0.25, -0.2) is 5.48 Å². The number of rotatable bonds is 4. The zero-order chi connectivity index (χ0) is 12.3. The number of amides is 2. The molecule has 0 aliphatic carbocycles. The third kappa shape index (κ3) is 2.43. The van der Waals surface area contributed by atoms with Crippen LogP contribution in [0.1, 0.15) is 10.4 Å². The molecule has 2 aromatic rings. The smallest absolute Gasteiger partial charge is 0.278 e. The number of furan rings is 1. The quantitative estimate of drug-likeness (QED) is 0.756. The van der Waals surface area contributed by atoms with Crippen LogP contribution in [0.4, 0.5) is 0 Å².